The molecule has 5 aromatic rings. The van der Waals surface area contributed by atoms with E-state index in [-0.39, 0.29) is 5.91 Å². The predicted molar refractivity (Wildman–Crippen MR) is 151 cm³/mol. The molecule has 0 aliphatic carbocycles. The van der Waals surface area contributed by atoms with E-state index in [1.54, 1.807) is 24.8 Å². The van der Waals surface area contributed by atoms with Gasteiger partial charge in [-0.2, -0.15) is 5.10 Å². The van der Waals surface area contributed by atoms with Crippen molar-refractivity contribution in [3.8, 4) is 22.6 Å². The fourth-order valence-electron chi connectivity index (χ4n) is 4.06. The van der Waals surface area contributed by atoms with Gasteiger partial charge in [-0.25, -0.2) is 4.98 Å². The topological polar surface area (TPSA) is 125 Å². The van der Waals surface area contributed by atoms with Crippen molar-refractivity contribution in [3.63, 3.8) is 0 Å². The Balaban J connectivity index is 1.53. The number of imidazole rings is 1. The molecular formula is C29H28N8O. The third kappa shape index (κ3) is 4.86. The molecule has 0 fully saturated rings. The van der Waals surface area contributed by atoms with Gasteiger partial charge in [0.1, 0.15) is 11.2 Å². The minimum atomic E-state index is -0.536. The number of carbonyl (C=O) groups excluding carboxylic acids is 1. The van der Waals surface area contributed by atoms with Crippen LogP contribution >= 0.6 is 0 Å². The largest absolute Gasteiger partial charge is 0.335 e. The third-order valence-corrected chi connectivity index (χ3v) is 6.15. The van der Waals surface area contributed by atoms with Crippen LogP contribution in [0.2, 0.25) is 0 Å². The number of nitrogens with zero attached hydrogens (tertiary/aromatic N) is 5. The minimum Gasteiger partial charge on any atom is -0.335 e. The number of carbonyl (C=O) groups is 1. The summed E-state index contributed by atoms with van der Waals surface area (Å²) in [6, 6.07) is 9.91. The molecule has 190 valence electrons. The van der Waals surface area contributed by atoms with Gasteiger partial charge in [0.05, 0.1) is 22.9 Å². The first-order chi connectivity index (χ1) is 18.2. The number of amides is 1. The molecule has 4 aromatic heterocycles. The summed E-state index contributed by atoms with van der Waals surface area (Å²) in [4.78, 5) is 33.2. The maximum Gasteiger partial charge on any atom is 0.229 e. The van der Waals surface area contributed by atoms with Gasteiger partial charge in [-0.3, -0.25) is 24.9 Å². The second kappa shape index (κ2) is 9.85. The molecule has 3 N–H and O–H groups in total. The number of pyridine rings is 2. The molecule has 0 atom stereocenters. The maximum atomic E-state index is 12.5. The summed E-state index contributed by atoms with van der Waals surface area (Å²) < 4.78 is 0. The molecule has 0 aliphatic rings. The Morgan fingerprint density at radius 1 is 1.11 bits per heavy atom. The van der Waals surface area contributed by atoms with Gasteiger partial charge in [-0.1, -0.05) is 32.9 Å². The maximum absolute atomic E-state index is 12.5. The van der Waals surface area contributed by atoms with Gasteiger partial charge in [0, 0.05) is 46.7 Å². The van der Waals surface area contributed by atoms with Crippen molar-refractivity contribution >= 4 is 40.1 Å². The summed E-state index contributed by atoms with van der Waals surface area (Å²) in [6.45, 7) is 11.1. The lowest BCUT2D eigenvalue weighted by molar-refractivity contribution is -0.127. The van der Waals surface area contributed by atoms with Crippen LogP contribution < -0.4 is 5.32 Å². The Morgan fingerprint density at radius 3 is 2.68 bits per heavy atom. The van der Waals surface area contributed by atoms with Crippen molar-refractivity contribution in [1.82, 2.24) is 35.5 Å². The zero-order valence-corrected chi connectivity index (χ0v) is 21.7. The molecular weight excluding hydrogens is 476 g/mol. The smallest absolute Gasteiger partial charge is 0.229 e. The second-order valence-electron chi connectivity index (χ2n) is 10.0. The molecule has 0 radical (unpaired) electrons. The third-order valence-electron chi connectivity index (χ3n) is 6.15. The molecule has 0 saturated carbocycles. The first kappa shape index (κ1) is 24.8. The van der Waals surface area contributed by atoms with Crippen LogP contribution in [-0.2, 0) is 4.79 Å². The molecule has 0 aliphatic heterocycles. The number of rotatable bonds is 6. The van der Waals surface area contributed by atoms with E-state index >= 15 is 0 Å². The van der Waals surface area contributed by atoms with Crippen molar-refractivity contribution < 1.29 is 4.79 Å². The molecule has 0 saturated heterocycles. The fourth-order valence-corrected chi connectivity index (χ4v) is 4.06. The SMILES string of the molecule is C=N/C=C(\C=C(/C)c1ccc2[nH]nc(-c3nc4c(-c5cccnc5)cncc4[nH]3)c2c1)NC(=O)C(C)(C)C. The predicted octanol–water partition coefficient (Wildman–Crippen LogP) is 5.67. The lowest BCUT2D eigenvalue weighted by atomic mass is 9.95. The summed E-state index contributed by atoms with van der Waals surface area (Å²) in [5.41, 5.74) is 6.96. The van der Waals surface area contributed by atoms with Crippen LogP contribution in [0.4, 0.5) is 0 Å². The summed E-state index contributed by atoms with van der Waals surface area (Å²) in [7, 11) is 0. The number of benzene rings is 1. The molecule has 1 amide bonds. The number of nitrogens with one attached hydrogen (secondary N) is 3. The summed E-state index contributed by atoms with van der Waals surface area (Å²) in [5, 5.41) is 11.5. The van der Waals surface area contributed by atoms with Crippen LogP contribution in [-0.4, -0.2) is 42.8 Å². The monoisotopic (exact) mass is 504 g/mol. The number of hydrogen-bond donors (Lipinski definition) is 3. The van der Waals surface area contributed by atoms with Crippen LogP contribution in [0, 0.1) is 5.41 Å². The van der Waals surface area contributed by atoms with E-state index in [1.165, 1.54) is 6.20 Å². The van der Waals surface area contributed by atoms with Crippen LogP contribution in [0.3, 0.4) is 0 Å². The molecule has 0 bridgehead atoms. The minimum absolute atomic E-state index is 0.103. The molecule has 5 rings (SSSR count). The van der Waals surface area contributed by atoms with Gasteiger partial charge in [0.15, 0.2) is 5.82 Å². The number of allylic oxidation sites excluding steroid dienone is 2. The Labute approximate surface area is 219 Å². The average molecular weight is 505 g/mol. The van der Waals surface area contributed by atoms with Crippen LogP contribution in [0.5, 0.6) is 0 Å². The highest BCUT2D eigenvalue weighted by molar-refractivity contribution is 5.97. The fraction of sp³-hybridized carbons (Fsp3) is 0.172. The average Bonchev–Trinajstić information content (AvgIpc) is 3.52. The van der Waals surface area contributed by atoms with Crippen molar-refractivity contribution in [3.05, 3.63) is 78.7 Å². The van der Waals surface area contributed by atoms with Crippen molar-refractivity contribution in [1.29, 1.82) is 0 Å². The number of fused-ring (bicyclic) bond motifs is 2. The van der Waals surface area contributed by atoms with E-state index in [4.69, 9.17) is 4.98 Å². The number of hydrogen-bond acceptors (Lipinski definition) is 6. The lowest BCUT2D eigenvalue weighted by Gasteiger charge is -2.18. The first-order valence-corrected chi connectivity index (χ1v) is 12.1. The second-order valence-corrected chi connectivity index (χ2v) is 10.0. The first-order valence-electron chi connectivity index (χ1n) is 12.1. The normalized spacial score (nSPS) is 12.7. The van der Waals surface area contributed by atoms with Crippen LogP contribution in [0.25, 0.3) is 50.2 Å². The molecule has 9 nitrogen and oxygen atoms in total. The molecule has 0 spiro atoms. The summed E-state index contributed by atoms with van der Waals surface area (Å²) >= 11 is 0. The number of aromatic nitrogens is 6. The van der Waals surface area contributed by atoms with E-state index in [1.807, 2.05) is 58.0 Å². The van der Waals surface area contributed by atoms with Crippen LogP contribution in [0.1, 0.15) is 33.3 Å². The molecule has 38 heavy (non-hydrogen) atoms. The Hall–Kier alpha value is -4.92. The van der Waals surface area contributed by atoms with Gasteiger partial charge in [0.2, 0.25) is 5.91 Å². The van der Waals surface area contributed by atoms with E-state index in [0.717, 1.165) is 44.2 Å². The molecule has 1 aromatic carbocycles. The Kier molecular flexibility index (Phi) is 6.42. The number of H-pyrrole nitrogens is 2. The van der Waals surface area contributed by atoms with Gasteiger partial charge < -0.3 is 10.3 Å². The van der Waals surface area contributed by atoms with E-state index in [2.05, 4.69) is 48.2 Å². The summed E-state index contributed by atoms with van der Waals surface area (Å²) in [6.07, 6.45) is 10.5. The highest BCUT2D eigenvalue weighted by Crippen LogP contribution is 2.32. The molecule has 4 heterocycles. The molecule has 0 unspecified atom stereocenters. The summed E-state index contributed by atoms with van der Waals surface area (Å²) in [5.74, 6) is 0.533. The van der Waals surface area contributed by atoms with E-state index < -0.39 is 5.41 Å². The van der Waals surface area contributed by atoms with Gasteiger partial charge >= 0.3 is 0 Å². The van der Waals surface area contributed by atoms with Crippen molar-refractivity contribution in [2.75, 3.05) is 0 Å². The van der Waals surface area contributed by atoms with Gasteiger partial charge in [0.25, 0.3) is 0 Å². The van der Waals surface area contributed by atoms with Crippen molar-refractivity contribution in [2.45, 2.75) is 27.7 Å². The standard InChI is InChI=1S/C29H28N8O/c1-17(11-20(14-30-5)33-28(38)29(2,3)4)18-8-9-23-21(12-18)26(37-36-23)27-34-24-16-32-15-22(25(24)35-27)19-7-6-10-31-13-19/h6-16H,5H2,1-4H3,(H,33,38)(H,34,35)(H,36,37)/b17-11+,20-14+. The zero-order chi connectivity index (χ0) is 26.9. The van der Waals surface area contributed by atoms with Gasteiger partial charge in [-0.15, -0.1) is 0 Å². The van der Waals surface area contributed by atoms with Crippen molar-refractivity contribution in [2.24, 2.45) is 10.4 Å². The van der Waals surface area contributed by atoms with E-state index in [9.17, 15) is 4.79 Å². The number of aromatic amines is 2. The highest BCUT2D eigenvalue weighted by Gasteiger charge is 2.22. The molecule has 9 heteroatoms. The Bertz CT molecular complexity index is 1720. The van der Waals surface area contributed by atoms with Crippen LogP contribution in [0.15, 0.2) is 78.1 Å². The highest BCUT2D eigenvalue weighted by atomic mass is 16.2. The quantitative estimate of drug-likeness (QED) is 0.203. The van der Waals surface area contributed by atoms with Gasteiger partial charge in [-0.05, 0) is 49.1 Å². The zero-order valence-electron chi connectivity index (χ0n) is 21.7. The van der Waals surface area contributed by atoms with E-state index in [0.29, 0.717) is 17.2 Å². The number of aliphatic imine (C=N–C) groups is 1. The Morgan fingerprint density at radius 2 is 1.95 bits per heavy atom. The lowest BCUT2D eigenvalue weighted by Crippen LogP contribution is -2.33.